The van der Waals surface area contributed by atoms with E-state index in [4.69, 9.17) is 4.74 Å². The third-order valence-corrected chi connectivity index (χ3v) is 5.46. The molecule has 1 aromatic carbocycles. The lowest BCUT2D eigenvalue weighted by atomic mass is 9.92. The molecule has 200 valence electrons. The zero-order chi connectivity index (χ0) is 28.2. The number of halogens is 1. The molecule has 10 nitrogen and oxygen atoms in total. The molecule has 11 heteroatoms. The minimum atomic E-state index is -0.852. The molecule has 3 N–H and O–H groups in total. The largest absolute Gasteiger partial charge is 0.460 e. The lowest BCUT2D eigenvalue weighted by Gasteiger charge is -2.14. The Labute approximate surface area is 224 Å². The fourth-order valence-electron chi connectivity index (χ4n) is 3.49. The lowest BCUT2D eigenvalue weighted by molar-refractivity contribution is 0.254. The first-order valence-electron chi connectivity index (χ1n) is 12.0. The van der Waals surface area contributed by atoms with Crippen molar-refractivity contribution in [1.82, 2.24) is 30.0 Å². The van der Waals surface area contributed by atoms with E-state index in [2.05, 4.69) is 37.3 Å². The van der Waals surface area contributed by atoms with Crippen LogP contribution in [0.2, 0.25) is 0 Å². The SMILES string of the molecule is C=C(F)/C(=C\C=C(/C)Oc1ccnc2[nH]c(=O)cnc12)NC(=O)Nc1cc(C(C)(C)C)nn1-c1ccccc1. The van der Waals surface area contributed by atoms with Crippen LogP contribution in [0.3, 0.4) is 0 Å². The van der Waals surface area contributed by atoms with Crippen LogP contribution in [0.5, 0.6) is 5.75 Å². The predicted octanol–water partition coefficient (Wildman–Crippen LogP) is 5.27. The number of anilines is 1. The van der Waals surface area contributed by atoms with E-state index in [-0.39, 0.29) is 22.3 Å². The molecule has 4 aromatic rings. The van der Waals surface area contributed by atoms with Gasteiger partial charge in [0.2, 0.25) is 0 Å². The predicted molar refractivity (Wildman–Crippen MR) is 147 cm³/mol. The molecule has 0 spiro atoms. The second-order valence-electron chi connectivity index (χ2n) is 9.61. The van der Waals surface area contributed by atoms with Gasteiger partial charge in [0.25, 0.3) is 5.56 Å². The summed E-state index contributed by atoms with van der Waals surface area (Å²) in [7, 11) is 0. The highest BCUT2D eigenvalue weighted by atomic mass is 19.1. The van der Waals surface area contributed by atoms with Crippen LogP contribution in [0, 0.1) is 0 Å². The molecule has 3 heterocycles. The summed E-state index contributed by atoms with van der Waals surface area (Å²) in [5.41, 5.74) is 1.32. The summed E-state index contributed by atoms with van der Waals surface area (Å²) >= 11 is 0. The van der Waals surface area contributed by atoms with Crippen molar-refractivity contribution < 1.29 is 13.9 Å². The molecule has 0 aliphatic heterocycles. The summed E-state index contributed by atoms with van der Waals surface area (Å²) in [5.74, 6) is 0.259. The van der Waals surface area contributed by atoms with Gasteiger partial charge >= 0.3 is 6.03 Å². The number of aromatic nitrogens is 5. The van der Waals surface area contributed by atoms with Crippen LogP contribution in [0.4, 0.5) is 15.0 Å². The van der Waals surface area contributed by atoms with Gasteiger partial charge in [0.05, 0.1) is 23.3 Å². The van der Waals surface area contributed by atoms with Crippen LogP contribution < -0.4 is 20.9 Å². The van der Waals surface area contributed by atoms with Crippen molar-refractivity contribution in [2.45, 2.75) is 33.1 Å². The number of fused-ring (bicyclic) bond motifs is 1. The quantitative estimate of drug-likeness (QED) is 0.221. The Hall–Kier alpha value is -5.06. The first kappa shape index (κ1) is 27.0. The number of hydrogen-bond acceptors (Lipinski definition) is 6. The van der Waals surface area contributed by atoms with Crippen LogP contribution in [0.15, 0.2) is 95.7 Å². The molecule has 0 radical (unpaired) electrons. The van der Waals surface area contributed by atoms with Gasteiger partial charge in [0.1, 0.15) is 22.9 Å². The average molecular weight is 530 g/mol. The van der Waals surface area contributed by atoms with Crippen molar-refractivity contribution in [2.24, 2.45) is 0 Å². The summed E-state index contributed by atoms with van der Waals surface area (Å²) < 4.78 is 21.7. The molecular weight excluding hydrogens is 501 g/mol. The number of amides is 2. The standard InChI is InChI=1S/C28H28FN7O3/c1-17(39-21-13-14-30-26-25(21)31-16-24(37)34-26)11-12-20(18(2)29)32-27(38)33-23-15-22(28(3,4)5)35-36(23)19-9-7-6-8-10-19/h6-16H,2H2,1,3-5H3,(H,30,34,37)(H2,32,33,38)/b17-11+,20-12+. The maximum atomic E-state index is 14.2. The van der Waals surface area contributed by atoms with Gasteiger partial charge in [-0.1, -0.05) is 45.5 Å². The number of rotatable bonds is 7. The van der Waals surface area contributed by atoms with E-state index in [9.17, 15) is 14.0 Å². The monoisotopic (exact) mass is 529 g/mol. The summed E-state index contributed by atoms with van der Waals surface area (Å²) in [6.45, 7) is 11.0. The number of hydrogen-bond donors (Lipinski definition) is 3. The fraction of sp³-hybridized carbons (Fsp3) is 0.179. The molecular formula is C28H28FN7O3. The Morgan fingerprint density at radius 1 is 1.15 bits per heavy atom. The first-order chi connectivity index (χ1) is 18.5. The fourth-order valence-corrected chi connectivity index (χ4v) is 3.49. The second kappa shape index (κ2) is 11.1. The van der Waals surface area contributed by atoms with E-state index in [1.807, 2.05) is 51.1 Å². The van der Waals surface area contributed by atoms with Crippen LogP contribution in [-0.4, -0.2) is 30.8 Å². The number of aromatic amines is 1. The first-order valence-corrected chi connectivity index (χ1v) is 12.0. The van der Waals surface area contributed by atoms with Crippen molar-refractivity contribution in [2.75, 3.05) is 5.32 Å². The second-order valence-corrected chi connectivity index (χ2v) is 9.61. The molecule has 2 amide bonds. The number of urea groups is 1. The van der Waals surface area contributed by atoms with Crippen LogP contribution in [0.25, 0.3) is 16.9 Å². The highest BCUT2D eigenvalue weighted by molar-refractivity contribution is 5.90. The maximum Gasteiger partial charge on any atom is 0.324 e. The van der Waals surface area contributed by atoms with Crippen molar-refractivity contribution >= 4 is 23.0 Å². The number of carbonyl (C=O) groups excluding carboxylic acids is 1. The van der Waals surface area contributed by atoms with Gasteiger partial charge in [-0.3, -0.25) is 10.1 Å². The van der Waals surface area contributed by atoms with E-state index in [0.29, 0.717) is 22.8 Å². The van der Waals surface area contributed by atoms with E-state index < -0.39 is 11.9 Å². The Bertz CT molecular complexity index is 1650. The Morgan fingerprint density at radius 2 is 1.90 bits per heavy atom. The smallest absolute Gasteiger partial charge is 0.324 e. The van der Waals surface area contributed by atoms with Crippen molar-refractivity contribution in [3.8, 4) is 11.4 Å². The van der Waals surface area contributed by atoms with Crippen molar-refractivity contribution in [3.63, 3.8) is 0 Å². The minimum absolute atomic E-state index is 0.167. The molecule has 0 fully saturated rings. The van der Waals surface area contributed by atoms with Crippen molar-refractivity contribution in [3.05, 3.63) is 107 Å². The van der Waals surface area contributed by atoms with E-state index in [0.717, 1.165) is 17.6 Å². The molecule has 0 unspecified atom stereocenters. The zero-order valence-electron chi connectivity index (χ0n) is 21.9. The number of pyridine rings is 1. The number of nitrogens with one attached hydrogen (secondary N) is 3. The molecule has 0 saturated carbocycles. The van der Waals surface area contributed by atoms with Gasteiger partial charge in [-0.25, -0.2) is 23.8 Å². The summed E-state index contributed by atoms with van der Waals surface area (Å²) in [6.07, 6.45) is 5.37. The number of ether oxygens (including phenoxy) is 1. The highest BCUT2D eigenvalue weighted by Gasteiger charge is 2.22. The van der Waals surface area contributed by atoms with Gasteiger partial charge in [-0.2, -0.15) is 5.10 Å². The third-order valence-electron chi connectivity index (χ3n) is 5.46. The highest BCUT2D eigenvalue weighted by Crippen LogP contribution is 2.26. The van der Waals surface area contributed by atoms with Gasteiger partial charge in [0, 0.05) is 23.7 Å². The van der Waals surface area contributed by atoms with Gasteiger partial charge < -0.3 is 15.0 Å². The van der Waals surface area contributed by atoms with Gasteiger partial charge in [-0.05, 0) is 31.2 Å². The number of nitrogens with zero attached hydrogens (tertiary/aromatic N) is 4. The van der Waals surface area contributed by atoms with Gasteiger partial charge in [-0.15, -0.1) is 0 Å². The average Bonchev–Trinajstić information content (AvgIpc) is 3.31. The third kappa shape index (κ3) is 6.63. The van der Waals surface area contributed by atoms with Crippen LogP contribution >= 0.6 is 0 Å². The van der Waals surface area contributed by atoms with Gasteiger partial charge in [0.15, 0.2) is 11.4 Å². The van der Waals surface area contributed by atoms with E-state index in [1.165, 1.54) is 18.3 Å². The van der Waals surface area contributed by atoms with E-state index >= 15 is 0 Å². The number of allylic oxidation sites excluding steroid dienone is 4. The molecule has 0 aliphatic carbocycles. The summed E-state index contributed by atoms with van der Waals surface area (Å²) in [5, 5.41) is 9.88. The summed E-state index contributed by atoms with van der Waals surface area (Å²) in [4.78, 5) is 35.1. The number of para-hydroxylation sites is 1. The molecule has 0 atom stereocenters. The molecule has 39 heavy (non-hydrogen) atoms. The Balaban J connectivity index is 1.53. The Kier molecular flexibility index (Phi) is 7.70. The normalized spacial score (nSPS) is 12.3. The molecule has 0 bridgehead atoms. The van der Waals surface area contributed by atoms with Crippen molar-refractivity contribution in [1.29, 1.82) is 0 Å². The number of carbonyl (C=O) groups is 1. The van der Waals surface area contributed by atoms with E-state index in [1.54, 1.807) is 23.7 Å². The number of benzene rings is 1. The van der Waals surface area contributed by atoms with Crippen LogP contribution in [0.1, 0.15) is 33.4 Å². The molecule has 0 saturated heterocycles. The molecule has 4 rings (SSSR count). The topological polar surface area (TPSA) is 127 Å². The lowest BCUT2D eigenvalue weighted by Crippen LogP contribution is -2.29. The Morgan fingerprint density at radius 3 is 2.59 bits per heavy atom. The summed E-state index contributed by atoms with van der Waals surface area (Å²) in [6, 6.07) is 12.0. The molecule has 3 aromatic heterocycles. The number of H-pyrrole nitrogens is 1. The minimum Gasteiger partial charge on any atom is -0.460 e. The molecule has 0 aliphatic rings. The zero-order valence-corrected chi connectivity index (χ0v) is 21.9. The van der Waals surface area contributed by atoms with Crippen LogP contribution in [-0.2, 0) is 5.41 Å². The maximum absolute atomic E-state index is 14.2.